The van der Waals surface area contributed by atoms with Crippen LogP contribution in [0, 0.1) is 0 Å². The Hall–Kier alpha value is -5.85. The minimum Gasteiger partial charge on any atom is -0.493 e. The molecule has 0 aromatic heterocycles. The van der Waals surface area contributed by atoms with Gasteiger partial charge in [0, 0.05) is 51.3 Å². The first-order chi connectivity index (χ1) is 23.3. The molecule has 260 valence electrons. The smallest absolute Gasteiger partial charge is 0.308 e. The molecule has 2 unspecified atom stereocenters. The summed E-state index contributed by atoms with van der Waals surface area (Å²) in [4.78, 5) is 60.2. The summed E-state index contributed by atoms with van der Waals surface area (Å²) in [5, 5.41) is 0. The quantitative estimate of drug-likeness (QED) is 0.114. The first-order valence-electron chi connectivity index (χ1n) is 15.0. The van der Waals surface area contributed by atoms with Gasteiger partial charge < -0.3 is 37.9 Å². The first kappa shape index (κ1) is 37.6. The van der Waals surface area contributed by atoms with Crippen LogP contribution in [0.1, 0.15) is 51.8 Å². The number of ether oxygens (including phenoxy) is 8. The van der Waals surface area contributed by atoms with Gasteiger partial charge in [-0.15, -0.1) is 0 Å². The van der Waals surface area contributed by atoms with Crippen LogP contribution in [0.4, 0.5) is 0 Å². The molecule has 0 heterocycles. The molecule has 0 aliphatic heterocycles. The number of para-hydroxylation sites is 2. The lowest BCUT2D eigenvalue weighted by Crippen LogP contribution is -2.34. The third-order valence-electron chi connectivity index (χ3n) is 6.54. The molecule has 3 rings (SSSR count). The predicted molar refractivity (Wildman–Crippen MR) is 175 cm³/mol. The Morgan fingerprint density at radius 1 is 0.653 bits per heavy atom. The lowest BCUT2D eigenvalue weighted by atomic mass is 9.94. The third-order valence-corrected chi connectivity index (χ3v) is 6.54. The SMILES string of the molecule is COc1ccccc1OC(COC(C)=O)C(OC(C)=O)c1cc(OC)c(OC(C)=O)c(-c2cc(/C=C/COC(C)=O)ccc2OC(C)=O)c1. The van der Waals surface area contributed by atoms with Gasteiger partial charge in [-0.2, -0.15) is 0 Å². The highest BCUT2D eigenvalue weighted by atomic mass is 16.6. The molecule has 3 aromatic carbocycles. The number of carbonyl (C=O) groups excluding carboxylic acids is 5. The van der Waals surface area contributed by atoms with E-state index >= 15 is 0 Å². The van der Waals surface area contributed by atoms with Crippen LogP contribution in [0.15, 0.2) is 60.7 Å². The van der Waals surface area contributed by atoms with Gasteiger partial charge >= 0.3 is 29.8 Å². The van der Waals surface area contributed by atoms with E-state index in [1.54, 1.807) is 54.6 Å². The maximum Gasteiger partial charge on any atom is 0.308 e. The van der Waals surface area contributed by atoms with Gasteiger partial charge in [0.1, 0.15) is 19.0 Å². The molecule has 0 bridgehead atoms. The Labute approximate surface area is 283 Å². The highest BCUT2D eigenvalue weighted by molar-refractivity contribution is 5.86. The first-order valence-corrected chi connectivity index (χ1v) is 15.0. The van der Waals surface area contributed by atoms with Crippen molar-refractivity contribution in [3.05, 3.63) is 71.8 Å². The molecule has 0 radical (unpaired) electrons. The van der Waals surface area contributed by atoms with Crippen molar-refractivity contribution in [2.24, 2.45) is 0 Å². The van der Waals surface area contributed by atoms with E-state index in [1.807, 2.05) is 0 Å². The summed E-state index contributed by atoms with van der Waals surface area (Å²) in [6.07, 6.45) is 0.908. The van der Waals surface area contributed by atoms with E-state index in [1.165, 1.54) is 61.0 Å². The molecule has 0 N–H and O–H groups in total. The lowest BCUT2D eigenvalue weighted by molar-refractivity contribution is -0.157. The van der Waals surface area contributed by atoms with Gasteiger partial charge in [0.05, 0.1) is 14.2 Å². The Bertz CT molecular complexity index is 1710. The zero-order chi connectivity index (χ0) is 36.1. The monoisotopic (exact) mass is 678 g/mol. The zero-order valence-corrected chi connectivity index (χ0v) is 28.2. The fourth-order valence-corrected chi connectivity index (χ4v) is 4.64. The second-order valence-corrected chi connectivity index (χ2v) is 10.4. The average Bonchev–Trinajstić information content (AvgIpc) is 3.04. The van der Waals surface area contributed by atoms with E-state index in [9.17, 15) is 24.0 Å². The van der Waals surface area contributed by atoms with E-state index in [4.69, 9.17) is 37.9 Å². The Kier molecular flexibility index (Phi) is 13.7. The van der Waals surface area contributed by atoms with Crippen molar-refractivity contribution in [1.29, 1.82) is 0 Å². The number of hydrogen-bond acceptors (Lipinski definition) is 13. The van der Waals surface area contributed by atoms with Crippen molar-refractivity contribution in [2.75, 3.05) is 27.4 Å². The summed E-state index contributed by atoms with van der Waals surface area (Å²) in [5.41, 5.74) is 1.36. The number of methoxy groups -OCH3 is 2. The van der Waals surface area contributed by atoms with Crippen LogP contribution >= 0.6 is 0 Å². The normalized spacial score (nSPS) is 11.9. The van der Waals surface area contributed by atoms with Crippen LogP contribution < -0.4 is 23.7 Å². The van der Waals surface area contributed by atoms with E-state index in [0.29, 0.717) is 11.3 Å². The summed E-state index contributed by atoms with van der Waals surface area (Å²) in [5.74, 6) is -2.29. The van der Waals surface area contributed by atoms with E-state index in [-0.39, 0.29) is 52.9 Å². The van der Waals surface area contributed by atoms with Gasteiger partial charge in [-0.1, -0.05) is 24.3 Å². The Balaban J connectivity index is 2.33. The van der Waals surface area contributed by atoms with Gasteiger partial charge in [0.25, 0.3) is 0 Å². The van der Waals surface area contributed by atoms with Crippen molar-refractivity contribution in [2.45, 2.75) is 46.8 Å². The van der Waals surface area contributed by atoms with Crippen LogP contribution in [0.2, 0.25) is 0 Å². The topological polar surface area (TPSA) is 159 Å². The number of carbonyl (C=O) groups is 5. The molecule has 0 saturated heterocycles. The maximum atomic E-state index is 12.5. The summed E-state index contributed by atoms with van der Waals surface area (Å²) < 4.78 is 44.6. The largest absolute Gasteiger partial charge is 0.493 e. The summed E-state index contributed by atoms with van der Waals surface area (Å²) in [7, 11) is 2.80. The number of hydrogen-bond donors (Lipinski definition) is 0. The Morgan fingerprint density at radius 3 is 1.90 bits per heavy atom. The number of benzene rings is 3. The highest BCUT2D eigenvalue weighted by Gasteiger charge is 2.33. The van der Waals surface area contributed by atoms with E-state index in [2.05, 4.69) is 0 Å². The molecule has 13 heteroatoms. The van der Waals surface area contributed by atoms with Crippen molar-refractivity contribution in [3.63, 3.8) is 0 Å². The van der Waals surface area contributed by atoms with Gasteiger partial charge in [0.2, 0.25) is 0 Å². The van der Waals surface area contributed by atoms with Crippen LogP contribution in [0.3, 0.4) is 0 Å². The van der Waals surface area contributed by atoms with Gasteiger partial charge in [-0.25, -0.2) is 0 Å². The standard InChI is InChI=1S/C36H38O13/c1-21(37)44-16-10-11-26-14-15-30(46-23(3)39)28(17-26)29-18-27(19-33(43-7)36(29)48-25(5)41)35(47-24(4)40)34(20-45-22(2)38)49-32-13-9-8-12-31(32)42-6/h8-15,17-19,34-35H,16,20H2,1-7H3/b11-10+. The molecular weight excluding hydrogens is 640 g/mol. The molecular formula is C36H38O13. The second kappa shape index (κ2) is 17.9. The van der Waals surface area contributed by atoms with Gasteiger partial charge in [-0.3, -0.25) is 24.0 Å². The molecule has 49 heavy (non-hydrogen) atoms. The van der Waals surface area contributed by atoms with Gasteiger partial charge in [-0.05, 0) is 48.0 Å². The van der Waals surface area contributed by atoms with E-state index < -0.39 is 42.1 Å². The number of rotatable bonds is 15. The average molecular weight is 679 g/mol. The maximum absolute atomic E-state index is 12.5. The molecule has 0 fully saturated rings. The van der Waals surface area contributed by atoms with Crippen molar-refractivity contribution in [3.8, 4) is 39.9 Å². The van der Waals surface area contributed by atoms with Crippen molar-refractivity contribution >= 4 is 35.9 Å². The molecule has 0 aliphatic rings. The minimum atomic E-state index is -1.25. The Morgan fingerprint density at radius 2 is 1.31 bits per heavy atom. The summed E-state index contributed by atoms with van der Waals surface area (Å²) in [6, 6.07) is 14.6. The van der Waals surface area contributed by atoms with Gasteiger partial charge in [0.15, 0.2) is 35.2 Å². The molecule has 2 atom stereocenters. The molecule has 0 spiro atoms. The highest BCUT2D eigenvalue weighted by Crippen LogP contribution is 2.46. The van der Waals surface area contributed by atoms with Crippen LogP contribution in [0.25, 0.3) is 17.2 Å². The lowest BCUT2D eigenvalue weighted by Gasteiger charge is -2.29. The van der Waals surface area contributed by atoms with Crippen LogP contribution in [0.5, 0.6) is 28.7 Å². The predicted octanol–water partition coefficient (Wildman–Crippen LogP) is 5.41. The zero-order valence-electron chi connectivity index (χ0n) is 28.2. The summed E-state index contributed by atoms with van der Waals surface area (Å²) >= 11 is 0. The van der Waals surface area contributed by atoms with Crippen molar-refractivity contribution < 1.29 is 61.9 Å². The second-order valence-electron chi connectivity index (χ2n) is 10.4. The van der Waals surface area contributed by atoms with E-state index in [0.717, 1.165) is 0 Å². The van der Waals surface area contributed by atoms with Crippen molar-refractivity contribution in [1.82, 2.24) is 0 Å². The molecule has 0 amide bonds. The molecule has 0 aliphatic carbocycles. The molecule has 13 nitrogen and oxygen atoms in total. The minimum absolute atomic E-state index is 0.0123. The van der Waals surface area contributed by atoms with Crippen LogP contribution in [-0.2, 0) is 38.2 Å². The molecule has 3 aromatic rings. The fourth-order valence-electron chi connectivity index (χ4n) is 4.64. The summed E-state index contributed by atoms with van der Waals surface area (Å²) in [6.45, 7) is 5.81. The fraction of sp³-hybridized carbons (Fsp3) is 0.306. The molecule has 0 saturated carbocycles. The third kappa shape index (κ3) is 11.1. The number of esters is 5. The van der Waals surface area contributed by atoms with Crippen LogP contribution in [-0.4, -0.2) is 63.4 Å².